The molecular weight excluding hydrogens is 396 g/mol. The average Bonchev–Trinajstić information content (AvgIpc) is 3.04. The van der Waals surface area contributed by atoms with Crippen molar-refractivity contribution in [1.82, 2.24) is 15.1 Å². The molecule has 2 heterocycles. The van der Waals surface area contributed by atoms with Gasteiger partial charge in [-0.25, -0.2) is 0 Å². The number of ether oxygens (including phenoxy) is 3. The molecule has 0 aliphatic carbocycles. The molecule has 2 aromatic carbocycles. The summed E-state index contributed by atoms with van der Waals surface area (Å²) in [5, 5.41) is 10.3. The Morgan fingerprint density at radius 1 is 1.19 bits per heavy atom. The van der Waals surface area contributed by atoms with E-state index in [1.54, 1.807) is 14.2 Å². The number of hydrogen-bond acceptors (Lipinski definition) is 6. The fourth-order valence-corrected chi connectivity index (χ4v) is 3.68. The molecule has 2 N–H and O–H groups in total. The molecule has 31 heavy (non-hydrogen) atoms. The third kappa shape index (κ3) is 4.87. The third-order valence-corrected chi connectivity index (χ3v) is 5.17. The minimum atomic E-state index is -0.135. The topological polar surface area (TPSA) is 88.7 Å². The largest absolute Gasteiger partial charge is 0.497 e. The highest BCUT2D eigenvalue weighted by Crippen LogP contribution is 2.31. The van der Waals surface area contributed by atoms with Crippen LogP contribution >= 0.6 is 0 Å². The predicted molar refractivity (Wildman–Crippen MR) is 117 cm³/mol. The Balaban J connectivity index is 1.50. The van der Waals surface area contributed by atoms with Crippen LogP contribution in [-0.2, 0) is 22.7 Å². The van der Waals surface area contributed by atoms with Crippen LogP contribution in [0, 0.1) is 0 Å². The lowest BCUT2D eigenvalue weighted by Gasteiger charge is -2.18. The molecule has 0 atom stereocenters. The van der Waals surface area contributed by atoms with Crippen LogP contribution < -0.4 is 14.8 Å². The number of H-pyrrole nitrogens is 1. The number of benzene rings is 2. The number of anilines is 1. The minimum Gasteiger partial charge on any atom is -0.497 e. The van der Waals surface area contributed by atoms with Crippen molar-refractivity contribution in [3.8, 4) is 22.6 Å². The number of fused-ring (bicyclic) bond motifs is 1. The van der Waals surface area contributed by atoms with E-state index in [2.05, 4.69) is 20.4 Å². The Hall–Kier alpha value is -3.36. The summed E-state index contributed by atoms with van der Waals surface area (Å²) in [7, 11) is 3.25. The van der Waals surface area contributed by atoms with Crippen molar-refractivity contribution >= 4 is 11.7 Å². The van der Waals surface area contributed by atoms with Crippen molar-refractivity contribution in [3.05, 3.63) is 59.8 Å². The molecule has 0 saturated carbocycles. The van der Waals surface area contributed by atoms with E-state index in [0.29, 0.717) is 32.1 Å². The highest BCUT2D eigenvalue weighted by molar-refractivity contribution is 5.95. The Labute approximate surface area is 181 Å². The smallest absolute Gasteiger partial charge is 0.239 e. The van der Waals surface area contributed by atoms with Crippen molar-refractivity contribution in [2.24, 2.45) is 0 Å². The van der Waals surface area contributed by atoms with Crippen LogP contribution in [0.5, 0.6) is 11.5 Å². The van der Waals surface area contributed by atoms with Gasteiger partial charge in [-0.15, -0.1) is 0 Å². The van der Waals surface area contributed by atoms with Gasteiger partial charge in [-0.2, -0.15) is 5.10 Å². The number of nitrogens with zero attached hydrogens (tertiary/aromatic N) is 2. The Morgan fingerprint density at radius 3 is 2.77 bits per heavy atom. The molecule has 0 saturated heterocycles. The van der Waals surface area contributed by atoms with Gasteiger partial charge in [0.25, 0.3) is 0 Å². The summed E-state index contributed by atoms with van der Waals surface area (Å²) in [5.74, 6) is 1.98. The first-order valence-electron chi connectivity index (χ1n) is 10.1. The second kappa shape index (κ2) is 9.63. The molecule has 0 bridgehead atoms. The average molecular weight is 422 g/mol. The van der Waals surface area contributed by atoms with Gasteiger partial charge in [0, 0.05) is 31.3 Å². The molecule has 0 radical (unpaired) electrons. The zero-order chi connectivity index (χ0) is 21.6. The van der Waals surface area contributed by atoms with E-state index in [-0.39, 0.29) is 12.5 Å². The molecule has 3 aromatic rings. The normalized spacial score (nSPS) is 13.7. The number of para-hydroxylation sites is 1. The summed E-state index contributed by atoms with van der Waals surface area (Å²) in [6, 6.07) is 15.5. The van der Waals surface area contributed by atoms with E-state index in [1.807, 2.05) is 48.5 Å². The lowest BCUT2D eigenvalue weighted by molar-refractivity contribution is -0.117. The van der Waals surface area contributed by atoms with Gasteiger partial charge in [0.2, 0.25) is 5.91 Å². The Bertz CT molecular complexity index is 1030. The number of hydrogen-bond donors (Lipinski definition) is 2. The van der Waals surface area contributed by atoms with Gasteiger partial charge >= 0.3 is 0 Å². The van der Waals surface area contributed by atoms with E-state index in [0.717, 1.165) is 33.9 Å². The predicted octanol–water partition coefficient (Wildman–Crippen LogP) is 3.06. The van der Waals surface area contributed by atoms with Crippen LogP contribution in [0.2, 0.25) is 0 Å². The summed E-state index contributed by atoms with van der Waals surface area (Å²) < 4.78 is 16.3. The van der Waals surface area contributed by atoms with Crippen LogP contribution in [0.15, 0.2) is 48.5 Å². The van der Waals surface area contributed by atoms with Gasteiger partial charge in [-0.3, -0.25) is 14.8 Å². The molecule has 0 spiro atoms. The number of aromatic amines is 1. The van der Waals surface area contributed by atoms with Gasteiger partial charge < -0.3 is 19.5 Å². The van der Waals surface area contributed by atoms with Crippen molar-refractivity contribution in [3.63, 3.8) is 0 Å². The number of aromatic nitrogens is 2. The second-order valence-electron chi connectivity index (χ2n) is 7.30. The van der Waals surface area contributed by atoms with Crippen molar-refractivity contribution in [2.45, 2.75) is 13.2 Å². The van der Waals surface area contributed by atoms with Gasteiger partial charge in [0.1, 0.15) is 18.1 Å². The van der Waals surface area contributed by atoms with Crippen molar-refractivity contribution in [1.29, 1.82) is 0 Å². The lowest BCUT2D eigenvalue weighted by atomic mass is 10.1. The number of rotatable bonds is 7. The Morgan fingerprint density at radius 2 is 2.00 bits per heavy atom. The van der Waals surface area contributed by atoms with Crippen molar-refractivity contribution in [2.75, 3.05) is 39.2 Å². The van der Waals surface area contributed by atoms with Crippen LogP contribution in [-0.4, -0.2) is 54.9 Å². The van der Waals surface area contributed by atoms with E-state index >= 15 is 0 Å². The second-order valence-corrected chi connectivity index (χ2v) is 7.30. The van der Waals surface area contributed by atoms with E-state index in [1.165, 1.54) is 0 Å². The first-order valence-corrected chi connectivity index (χ1v) is 10.1. The molecule has 8 nitrogen and oxygen atoms in total. The highest BCUT2D eigenvalue weighted by Gasteiger charge is 2.21. The molecule has 0 fully saturated rings. The maximum atomic E-state index is 12.9. The van der Waals surface area contributed by atoms with Crippen LogP contribution in [0.1, 0.15) is 11.3 Å². The number of methoxy groups -OCH3 is 2. The summed E-state index contributed by atoms with van der Waals surface area (Å²) >= 11 is 0. The van der Waals surface area contributed by atoms with Crippen LogP contribution in [0.3, 0.4) is 0 Å². The monoisotopic (exact) mass is 422 g/mol. The molecule has 4 rings (SSSR count). The maximum Gasteiger partial charge on any atom is 0.239 e. The number of nitrogens with one attached hydrogen (secondary N) is 2. The third-order valence-electron chi connectivity index (χ3n) is 5.17. The minimum absolute atomic E-state index is 0.135. The fourth-order valence-electron chi connectivity index (χ4n) is 3.68. The summed E-state index contributed by atoms with van der Waals surface area (Å²) in [6.07, 6.45) is 0. The maximum absolute atomic E-state index is 12.9. The zero-order valence-electron chi connectivity index (χ0n) is 17.7. The molecule has 1 aromatic heterocycles. The lowest BCUT2D eigenvalue weighted by Crippen LogP contribution is -2.34. The summed E-state index contributed by atoms with van der Waals surface area (Å²) in [6.45, 7) is 2.46. The molecule has 1 amide bonds. The number of carbonyl (C=O) groups is 1. The number of carbonyl (C=O) groups excluding carboxylic acids is 1. The summed E-state index contributed by atoms with van der Waals surface area (Å²) in [4.78, 5) is 14.9. The highest BCUT2D eigenvalue weighted by atomic mass is 16.5. The van der Waals surface area contributed by atoms with Gasteiger partial charge in [0.05, 0.1) is 26.0 Å². The van der Waals surface area contributed by atoms with Gasteiger partial charge in [-0.05, 0) is 23.8 Å². The Kier molecular flexibility index (Phi) is 6.49. The SMILES string of the molecule is COCc1[nH]nc(NC(=O)CN2CCOc3ccccc3C2)c1-c1ccc(OC)cc1. The zero-order valence-corrected chi connectivity index (χ0v) is 17.7. The van der Waals surface area contributed by atoms with E-state index in [4.69, 9.17) is 14.2 Å². The van der Waals surface area contributed by atoms with Gasteiger partial charge in [0.15, 0.2) is 5.82 Å². The molecule has 8 heteroatoms. The van der Waals surface area contributed by atoms with Gasteiger partial charge in [-0.1, -0.05) is 30.3 Å². The standard InChI is InChI=1S/C23H26N4O4/c1-29-15-19-22(16-7-9-18(30-2)10-8-16)23(26-25-19)24-21(28)14-27-11-12-31-20-6-4-3-5-17(20)13-27/h3-10H,11-15H2,1-2H3,(H2,24,25,26,28). The van der Waals surface area contributed by atoms with E-state index < -0.39 is 0 Å². The van der Waals surface area contributed by atoms with E-state index in [9.17, 15) is 4.79 Å². The molecule has 1 aliphatic heterocycles. The van der Waals surface area contributed by atoms with Crippen molar-refractivity contribution < 1.29 is 19.0 Å². The van der Waals surface area contributed by atoms with Crippen LogP contribution in [0.4, 0.5) is 5.82 Å². The number of amides is 1. The summed E-state index contributed by atoms with van der Waals surface area (Å²) in [5.41, 5.74) is 3.59. The first kappa shape index (κ1) is 20.9. The van der Waals surface area contributed by atoms with Crippen LogP contribution in [0.25, 0.3) is 11.1 Å². The first-order chi connectivity index (χ1) is 15.2. The molecule has 1 aliphatic rings. The molecule has 162 valence electrons. The molecular formula is C23H26N4O4. The quantitative estimate of drug-likeness (QED) is 0.608. The fraction of sp³-hybridized carbons (Fsp3) is 0.304. The molecule has 0 unspecified atom stereocenters.